The highest BCUT2D eigenvalue weighted by molar-refractivity contribution is 8.76. The van der Waals surface area contributed by atoms with Gasteiger partial charge in [-0.2, -0.15) is 0 Å². The topological polar surface area (TPSA) is 38.8 Å². The van der Waals surface area contributed by atoms with Crippen LogP contribution in [-0.4, -0.2) is 49.3 Å². The third kappa shape index (κ3) is 8.73. The van der Waals surface area contributed by atoms with E-state index in [0.29, 0.717) is 6.61 Å². The molecule has 0 aromatic heterocycles. The quantitative estimate of drug-likeness (QED) is 0.330. The summed E-state index contributed by atoms with van der Waals surface area (Å²) >= 11 is 0. The van der Waals surface area contributed by atoms with Crippen molar-refractivity contribution in [2.24, 2.45) is 0 Å². The molecule has 0 aliphatic carbocycles. The number of hydrogen-bond donors (Lipinski definition) is 0. The van der Waals surface area contributed by atoms with Crippen LogP contribution < -0.4 is 0 Å². The van der Waals surface area contributed by atoms with Gasteiger partial charge in [-0.1, -0.05) is 31.4 Å². The van der Waals surface area contributed by atoms with E-state index in [9.17, 15) is 4.57 Å². The van der Waals surface area contributed by atoms with E-state index >= 15 is 0 Å². The minimum atomic E-state index is -1.03. The fraction of sp³-hybridized carbons (Fsp3) is 1.00. The summed E-state index contributed by atoms with van der Waals surface area (Å²) in [6.45, 7) is 2.21. The molecule has 1 saturated heterocycles. The highest BCUT2D eigenvalue weighted by Crippen LogP contribution is 2.25. The fourth-order valence-corrected chi connectivity index (χ4v) is 4.20. The minimum Gasteiger partial charge on any atom is -0.274 e. The Bertz CT molecular complexity index is 228. The Morgan fingerprint density at radius 1 is 1.33 bits per heavy atom. The first-order chi connectivity index (χ1) is 8.83. The van der Waals surface area contributed by atoms with E-state index < -0.39 is 7.80 Å². The van der Waals surface area contributed by atoms with Crippen LogP contribution in [0.2, 0.25) is 0 Å². The Balaban J connectivity index is 1.84. The van der Waals surface area contributed by atoms with Gasteiger partial charge in [-0.15, -0.1) is 0 Å². The Morgan fingerprint density at radius 2 is 2.17 bits per heavy atom. The number of hydroxylamine groups is 2. The fourth-order valence-electron chi connectivity index (χ4n) is 1.58. The molecule has 0 saturated carbocycles. The smallest absolute Gasteiger partial charge is 0.274 e. The summed E-state index contributed by atoms with van der Waals surface area (Å²) in [4.78, 5) is 10.6. The second-order valence-corrected chi connectivity index (χ2v) is 8.60. The van der Waals surface area contributed by atoms with Gasteiger partial charge in [-0.25, -0.2) is 0 Å². The average Bonchev–Trinajstić information content (AvgIpc) is 2.87. The minimum absolute atomic E-state index is 0.614. The van der Waals surface area contributed by atoms with E-state index in [-0.39, 0.29) is 0 Å². The number of hydrogen-bond acceptors (Lipinski definition) is 6. The van der Waals surface area contributed by atoms with Crippen LogP contribution in [0.25, 0.3) is 0 Å². The van der Waals surface area contributed by atoms with Gasteiger partial charge in [-0.3, -0.25) is 9.68 Å². The lowest BCUT2D eigenvalue weighted by molar-refractivity contribution is -0.339. The first kappa shape index (κ1) is 16.7. The van der Waals surface area contributed by atoms with Crippen molar-refractivity contribution in [2.45, 2.75) is 25.7 Å². The van der Waals surface area contributed by atoms with Crippen LogP contribution >= 0.6 is 29.4 Å². The van der Waals surface area contributed by atoms with Crippen molar-refractivity contribution in [1.29, 1.82) is 0 Å². The van der Waals surface area contributed by atoms with Crippen LogP contribution in [0.3, 0.4) is 0 Å². The molecule has 1 rings (SSSR count). The van der Waals surface area contributed by atoms with Crippen molar-refractivity contribution >= 4 is 29.4 Å². The normalized spacial score (nSPS) is 17.3. The van der Waals surface area contributed by atoms with Crippen molar-refractivity contribution in [3.63, 3.8) is 0 Å². The number of nitrogens with zero attached hydrogens (tertiary/aromatic N) is 1. The summed E-state index contributed by atoms with van der Waals surface area (Å²) in [6, 6.07) is 0. The maximum atomic E-state index is 11.7. The zero-order valence-corrected chi connectivity index (χ0v) is 13.5. The maximum Gasteiger partial charge on any atom is 0.338 e. The molecule has 4 nitrogen and oxygen atoms in total. The summed E-state index contributed by atoms with van der Waals surface area (Å²) in [5.74, 6) is 1.17. The van der Waals surface area contributed by atoms with Gasteiger partial charge in [0.15, 0.2) is 0 Å². The van der Waals surface area contributed by atoms with Gasteiger partial charge in [0.25, 0.3) is 0 Å². The van der Waals surface area contributed by atoms with Crippen molar-refractivity contribution in [3.8, 4) is 0 Å². The summed E-state index contributed by atoms with van der Waals surface area (Å²) in [5.41, 5.74) is 0. The molecule has 1 unspecified atom stereocenters. The van der Waals surface area contributed by atoms with E-state index in [1.54, 1.807) is 16.0 Å². The first-order valence-electron chi connectivity index (χ1n) is 6.44. The molecule has 18 heavy (non-hydrogen) atoms. The number of rotatable bonds is 11. The molecule has 0 bridgehead atoms. The van der Waals surface area contributed by atoms with Gasteiger partial charge < -0.3 is 0 Å². The molecule has 1 aliphatic rings. The van der Waals surface area contributed by atoms with E-state index in [1.807, 2.05) is 10.8 Å². The second kappa shape index (κ2) is 11.5. The van der Waals surface area contributed by atoms with Crippen LogP contribution in [0.1, 0.15) is 25.7 Å². The lowest BCUT2D eigenvalue weighted by atomic mass is 10.4. The van der Waals surface area contributed by atoms with Gasteiger partial charge in [0.05, 0.1) is 19.8 Å². The van der Waals surface area contributed by atoms with Gasteiger partial charge in [0.1, 0.15) is 12.3 Å². The third-order valence-corrected chi connectivity index (χ3v) is 6.04. The predicted octanol–water partition coefficient (Wildman–Crippen LogP) is 3.56. The van der Waals surface area contributed by atoms with E-state index in [4.69, 9.17) is 9.68 Å². The molecular formula is C11H23NO3PS2+. The average molecular weight is 312 g/mol. The molecule has 7 heteroatoms. The Labute approximate surface area is 119 Å². The van der Waals surface area contributed by atoms with Crippen molar-refractivity contribution < 1.29 is 14.2 Å². The van der Waals surface area contributed by atoms with Crippen LogP contribution in [0, 0.1) is 0 Å². The summed E-state index contributed by atoms with van der Waals surface area (Å²) in [5, 5.41) is 1.55. The molecule has 0 N–H and O–H groups in total. The molecule has 106 valence electrons. The Kier molecular flexibility index (Phi) is 10.7. The van der Waals surface area contributed by atoms with E-state index in [2.05, 4.69) is 6.26 Å². The molecule has 1 heterocycles. The molecular weight excluding hydrogens is 289 g/mol. The van der Waals surface area contributed by atoms with Crippen molar-refractivity contribution in [1.82, 2.24) is 5.23 Å². The monoisotopic (exact) mass is 312 g/mol. The van der Waals surface area contributed by atoms with Gasteiger partial charge in [0.2, 0.25) is 0 Å². The Morgan fingerprint density at radius 3 is 2.89 bits per heavy atom. The van der Waals surface area contributed by atoms with Crippen LogP contribution in [-0.2, 0) is 14.2 Å². The van der Waals surface area contributed by atoms with Gasteiger partial charge in [0, 0.05) is 12.2 Å². The maximum absolute atomic E-state index is 11.7. The van der Waals surface area contributed by atoms with Crippen LogP contribution in [0.5, 0.6) is 0 Å². The SMILES string of the molecule is CSSCCCC[P+](=O)CCCON1CCCO1. The van der Waals surface area contributed by atoms with Crippen molar-refractivity contribution in [2.75, 3.05) is 44.1 Å². The molecule has 0 amide bonds. The largest absolute Gasteiger partial charge is 0.338 e. The molecule has 0 spiro atoms. The predicted molar refractivity (Wildman–Crippen MR) is 80.4 cm³/mol. The molecule has 1 aliphatic heterocycles. The van der Waals surface area contributed by atoms with E-state index in [0.717, 1.165) is 44.7 Å². The summed E-state index contributed by atoms with van der Waals surface area (Å²) in [6.07, 6.45) is 7.87. The van der Waals surface area contributed by atoms with Gasteiger partial charge in [-0.05, 0) is 25.5 Å². The zero-order chi connectivity index (χ0) is 13.1. The molecule has 0 aromatic carbocycles. The molecule has 0 aromatic rings. The summed E-state index contributed by atoms with van der Waals surface area (Å²) in [7, 11) is 2.65. The third-order valence-electron chi connectivity index (χ3n) is 2.51. The molecule has 0 radical (unpaired) electrons. The highest BCUT2D eigenvalue weighted by atomic mass is 33.1. The van der Waals surface area contributed by atoms with Crippen LogP contribution in [0.15, 0.2) is 0 Å². The zero-order valence-electron chi connectivity index (χ0n) is 11.0. The lowest BCUT2D eigenvalue weighted by Gasteiger charge is -2.11. The Hall–Kier alpha value is 0.680. The van der Waals surface area contributed by atoms with E-state index in [1.165, 1.54) is 12.2 Å². The first-order valence-corrected chi connectivity index (χ1v) is 10.8. The van der Waals surface area contributed by atoms with Crippen LogP contribution in [0.4, 0.5) is 0 Å². The summed E-state index contributed by atoms with van der Waals surface area (Å²) < 4.78 is 11.7. The number of unbranched alkanes of at least 4 members (excludes halogenated alkanes) is 1. The highest BCUT2D eigenvalue weighted by Gasteiger charge is 2.16. The standard InChI is InChI=1S/C11H23NO3PS2/c1-17-18-11-3-2-9-16(13)10-5-8-15-12-6-4-7-14-12/h2-11H2,1H3/q+1. The second-order valence-electron chi connectivity index (χ2n) is 4.05. The molecule has 1 atom stereocenters. The molecule has 1 fully saturated rings. The van der Waals surface area contributed by atoms with Crippen molar-refractivity contribution in [3.05, 3.63) is 0 Å². The lowest BCUT2D eigenvalue weighted by Crippen LogP contribution is -2.19. The van der Waals surface area contributed by atoms with Gasteiger partial charge >= 0.3 is 7.80 Å².